The average Bonchev–Trinajstić information content (AvgIpc) is 2.99. The normalized spacial score (nSPS) is 14.6. The number of thioether (sulfide) groups is 1. The number of nitrogen functional groups attached to an aromatic ring is 1. The molecule has 4 nitrogen and oxygen atoms in total. The number of anilines is 1. The number of nitrogens with two attached hydrogens (primary N) is 1. The second kappa shape index (κ2) is 6.24. The smallest absolute Gasteiger partial charge is 0.237 e. The fourth-order valence-electron chi connectivity index (χ4n) is 1.99. The topological polar surface area (TPSA) is 59.2 Å². The molecule has 0 fully saturated rings. The lowest BCUT2D eigenvalue weighted by Crippen LogP contribution is -2.30. The van der Waals surface area contributed by atoms with E-state index >= 15 is 0 Å². The van der Waals surface area contributed by atoms with E-state index in [1.54, 1.807) is 6.20 Å². The summed E-state index contributed by atoms with van der Waals surface area (Å²) in [6.45, 7) is 2.77. The molecule has 1 aromatic rings. The SMILES string of the molecule is CCN(C(=O)CSc1cnc(N)s1)C1=CCCC1. The molecule has 0 spiro atoms. The number of hydrogen-bond donors (Lipinski definition) is 1. The van der Waals surface area contributed by atoms with E-state index in [4.69, 9.17) is 5.73 Å². The Bertz CT molecular complexity index is 456. The highest BCUT2D eigenvalue weighted by Gasteiger charge is 2.18. The zero-order valence-electron chi connectivity index (χ0n) is 10.4. The van der Waals surface area contributed by atoms with Crippen molar-refractivity contribution in [1.29, 1.82) is 0 Å². The lowest BCUT2D eigenvalue weighted by molar-refractivity contribution is -0.126. The summed E-state index contributed by atoms with van der Waals surface area (Å²) in [4.78, 5) is 18.0. The van der Waals surface area contributed by atoms with Crippen LogP contribution in [0.3, 0.4) is 0 Å². The number of carbonyl (C=O) groups is 1. The third-order valence-electron chi connectivity index (χ3n) is 2.82. The van der Waals surface area contributed by atoms with Gasteiger partial charge in [0.2, 0.25) is 5.91 Å². The second-order valence-electron chi connectivity index (χ2n) is 4.03. The summed E-state index contributed by atoms with van der Waals surface area (Å²) < 4.78 is 0.998. The number of rotatable bonds is 5. The number of aromatic nitrogens is 1. The fourth-order valence-corrected chi connectivity index (χ4v) is 3.62. The van der Waals surface area contributed by atoms with Crippen molar-refractivity contribution < 1.29 is 4.79 Å². The third-order valence-corrected chi connectivity index (χ3v) is 4.83. The summed E-state index contributed by atoms with van der Waals surface area (Å²) in [7, 11) is 0. The van der Waals surface area contributed by atoms with Gasteiger partial charge in [-0.25, -0.2) is 4.98 Å². The molecular weight excluding hydrogens is 266 g/mol. The molecule has 1 heterocycles. The number of allylic oxidation sites excluding steroid dienone is 2. The molecule has 1 amide bonds. The molecule has 98 valence electrons. The van der Waals surface area contributed by atoms with Gasteiger partial charge in [0, 0.05) is 12.2 Å². The number of nitrogens with zero attached hydrogens (tertiary/aromatic N) is 2. The molecule has 0 radical (unpaired) electrons. The monoisotopic (exact) mass is 283 g/mol. The van der Waals surface area contributed by atoms with Gasteiger partial charge in [-0.2, -0.15) is 0 Å². The number of amides is 1. The van der Waals surface area contributed by atoms with Crippen molar-refractivity contribution in [3.63, 3.8) is 0 Å². The zero-order chi connectivity index (χ0) is 13.0. The first-order valence-electron chi connectivity index (χ1n) is 6.04. The first-order valence-corrected chi connectivity index (χ1v) is 7.84. The second-order valence-corrected chi connectivity index (χ2v) is 6.37. The maximum Gasteiger partial charge on any atom is 0.237 e. The lowest BCUT2D eigenvalue weighted by atomic mass is 10.3. The van der Waals surface area contributed by atoms with Crippen LogP contribution in [0, 0.1) is 0 Å². The van der Waals surface area contributed by atoms with Gasteiger partial charge in [0.05, 0.1) is 16.2 Å². The molecule has 0 saturated carbocycles. The Balaban J connectivity index is 1.89. The zero-order valence-corrected chi connectivity index (χ0v) is 12.0. The summed E-state index contributed by atoms with van der Waals surface area (Å²) in [5.41, 5.74) is 6.75. The van der Waals surface area contributed by atoms with Crippen LogP contribution in [-0.4, -0.2) is 28.1 Å². The van der Waals surface area contributed by atoms with Crippen LogP contribution in [0.25, 0.3) is 0 Å². The van der Waals surface area contributed by atoms with E-state index in [1.165, 1.54) is 28.8 Å². The summed E-state index contributed by atoms with van der Waals surface area (Å²) in [5, 5.41) is 0.552. The molecule has 2 rings (SSSR count). The quantitative estimate of drug-likeness (QED) is 0.844. The van der Waals surface area contributed by atoms with Crippen LogP contribution in [0.15, 0.2) is 22.2 Å². The van der Waals surface area contributed by atoms with Crippen molar-refractivity contribution in [2.24, 2.45) is 0 Å². The van der Waals surface area contributed by atoms with E-state index < -0.39 is 0 Å². The third kappa shape index (κ3) is 3.26. The Morgan fingerprint density at radius 2 is 2.50 bits per heavy atom. The van der Waals surface area contributed by atoms with Crippen LogP contribution in [0.1, 0.15) is 26.2 Å². The van der Waals surface area contributed by atoms with Crippen LogP contribution in [-0.2, 0) is 4.79 Å². The van der Waals surface area contributed by atoms with Gasteiger partial charge in [0.15, 0.2) is 5.13 Å². The Morgan fingerprint density at radius 1 is 1.67 bits per heavy atom. The fraction of sp³-hybridized carbons (Fsp3) is 0.500. The van der Waals surface area contributed by atoms with E-state index in [0.717, 1.165) is 30.0 Å². The molecule has 0 bridgehead atoms. The molecule has 6 heteroatoms. The highest BCUT2D eigenvalue weighted by atomic mass is 32.2. The maximum atomic E-state index is 12.2. The van der Waals surface area contributed by atoms with Crippen molar-refractivity contribution in [3.05, 3.63) is 18.0 Å². The van der Waals surface area contributed by atoms with Crippen LogP contribution in [0.4, 0.5) is 5.13 Å². The molecule has 1 aliphatic rings. The molecule has 0 aromatic carbocycles. The Hall–Kier alpha value is -1.01. The van der Waals surface area contributed by atoms with Crippen molar-refractivity contribution in [1.82, 2.24) is 9.88 Å². The predicted molar refractivity (Wildman–Crippen MR) is 76.6 cm³/mol. The van der Waals surface area contributed by atoms with Gasteiger partial charge >= 0.3 is 0 Å². The number of hydrogen-bond acceptors (Lipinski definition) is 5. The molecule has 2 N–H and O–H groups in total. The minimum absolute atomic E-state index is 0.169. The summed E-state index contributed by atoms with van der Waals surface area (Å²) >= 11 is 2.94. The summed E-state index contributed by atoms with van der Waals surface area (Å²) in [6, 6.07) is 0. The van der Waals surface area contributed by atoms with Crippen molar-refractivity contribution in [2.45, 2.75) is 30.4 Å². The van der Waals surface area contributed by atoms with Gasteiger partial charge in [-0.3, -0.25) is 4.79 Å². The van der Waals surface area contributed by atoms with E-state index in [1.807, 2.05) is 11.8 Å². The first-order chi connectivity index (χ1) is 8.70. The van der Waals surface area contributed by atoms with Crippen molar-refractivity contribution in [3.8, 4) is 0 Å². The van der Waals surface area contributed by atoms with Crippen LogP contribution < -0.4 is 5.73 Å². The lowest BCUT2D eigenvalue weighted by Gasteiger charge is -2.21. The molecule has 1 aromatic heterocycles. The molecule has 0 saturated heterocycles. The van der Waals surface area contributed by atoms with Gasteiger partial charge in [-0.15, -0.1) is 11.8 Å². The van der Waals surface area contributed by atoms with E-state index in [0.29, 0.717) is 10.9 Å². The predicted octanol–water partition coefficient (Wildman–Crippen LogP) is 2.73. The highest BCUT2D eigenvalue weighted by Crippen LogP contribution is 2.28. The molecule has 0 atom stereocenters. The minimum Gasteiger partial charge on any atom is -0.375 e. The standard InChI is InChI=1S/C12H17N3OS2/c1-2-15(9-5-3-4-6-9)10(16)8-17-11-7-14-12(13)18-11/h5,7H,2-4,6,8H2,1H3,(H2,13,14). The van der Waals surface area contributed by atoms with Gasteiger partial charge in [0.25, 0.3) is 0 Å². The molecule has 1 aliphatic carbocycles. The number of thiazole rings is 1. The largest absolute Gasteiger partial charge is 0.375 e. The Morgan fingerprint density at radius 3 is 3.06 bits per heavy atom. The maximum absolute atomic E-state index is 12.2. The molecule has 0 aliphatic heterocycles. The first kappa shape index (κ1) is 13.4. The van der Waals surface area contributed by atoms with E-state index in [2.05, 4.69) is 11.1 Å². The summed E-state index contributed by atoms with van der Waals surface area (Å²) in [5.74, 6) is 0.620. The summed E-state index contributed by atoms with van der Waals surface area (Å²) in [6.07, 6.45) is 7.19. The Kier molecular flexibility index (Phi) is 4.66. The molecule has 0 unspecified atom stereocenters. The molecule has 18 heavy (non-hydrogen) atoms. The van der Waals surface area contributed by atoms with Crippen molar-refractivity contribution in [2.75, 3.05) is 18.0 Å². The average molecular weight is 283 g/mol. The van der Waals surface area contributed by atoms with E-state index in [-0.39, 0.29) is 5.91 Å². The number of carbonyl (C=O) groups excluding carboxylic acids is 1. The van der Waals surface area contributed by atoms with Crippen LogP contribution in [0.5, 0.6) is 0 Å². The van der Waals surface area contributed by atoms with Gasteiger partial charge in [-0.1, -0.05) is 17.4 Å². The minimum atomic E-state index is 0.169. The van der Waals surface area contributed by atoms with E-state index in [9.17, 15) is 4.79 Å². The van der Waals surface area contributed by atoms with Gasteiger partial charge < -0.3 is 10.6 Å². The van der Waals surface area contributed by atoms with Crippen molar-refractivity contribution >= 4 is 34.1 Å². The highest BCUT2D eigenvalue weighted by molar-refractivity contribution is 8.01. The van der Waals surface area contributed by atoms with Gasteiger partial charge in [-0.05, 0) is 26.2 Å². The van der Waals surface area contributed by atoms with Crippen LogP contribution in [0.2, 0.25) is 0 Å². The van der Waals surface area contributed by atoms with Gasteiger partial charge in [0.1, 0.15) is 0 Å². The molecular formula is C12H17N3OS2. The Labute approximate surface area is 115 Å². The van der Waals surface area contributed by atoms with Crippen LogP contribution >= 0.6 is 23.1 Å².